The molecule has 2 nitrogen and oxygen atoms in total. The van der Waals surface area contributed by atoms with Crippen molar-refractivity contribution in [2.75, 3.05) is 13.1 Å². The van der Waals surface area contributed by atoms with Gasteiger partial charge < -0.3 is 10.4 Å². The molecule has 0 saturated carbocycles. The van der Waals surface area contributed by atoms with Crippen LogP contribution in [-0.2, 0) is 0 Å². The van der Waals surface area contributed by atoms with Crippen LogP contribution in [0.5, 0.6) is 0 Å². The van der Waals surface area contributed by atoms with Gasteiger partial charge in [-0.15, -0.1) is 0 Å². The van der Waals surface area contributed by atoms with Crippen LogP contribution in [0.25, 0.3) is 0 Å². The summed E-state index contributed by atoms with van der Waals surface area (Å²) in [5, 5.41) is 13.2. The van der Waals surface area contributed by atoms with Gasteiger partial charge in [0, 0.05) is 6.54 Å². The maximum Gasteiger partial charge on any atom is 0.0768 e. The Morgan fingerprint density at radius 3 is 2.42 bits per heavy atom. The summed E-state index contributed by atoms with van der Waals surface area (Å²) in [6.07, 6.45) is 2.24. The third kappa shape index (κ3) is 4.07. The van der Waals surface area contributed by atoms with E-state index in [1.54, 1.807) is 0 Å². The number of hydrogen-bond donors (Lipinski definition) is 2. The summed E-state index contributed by atoms with van der Waals surface area (Å²) in [6, 6.07) is 0. The largest absolute Gasteiger partial charge is 0.389 e. The molecule has 74 valence electrons. The van der Waals surface area contributed by atoms with Crippen LogP contribution < -0.4 is 5.32 Å². The minimum Gasteiger partial charge on any atom is -0.389 e. The standard InChI is InChI=1S/C10H23NO/c1-5-7-9(3)10(4,12)8-11-6-2/h9,11-12H,5-8H2,1-4H3. The van der Waals surface area contributed by atoms with E-state index >= 15 is 0 Å². The fourth-order valence-electron chi connectivity index (χ4n) is 1.30. The fraction of sp³-hybridized carbons (Fsp3) is 1.00. The third-order valence-corrected chi connectivity index (χ3v) is 2.52. The summed E-state index contributed by atoms with van der Waals surface area (Å²) >= 11 is 0. The summed E-state index contributed by atoms with van der Waals surface area (Å²) in [4.78, 5) is 0. The molecule has 0 rings (SSSR count). The van der Waals surface area contributed by atoms with Gasteiger partial charge in [-0.25, -0.2) is 0 Å². The van der Waals surface area contributed by atoms with E-state index in [0.717, 1.165) is 19.4 Å². The predicted molar refractivity (Wildman–Crippen MR) is 53.2 cm³/mol. The summed E-state index contributed by atoms with van der Waals surface area (Å²) in [7, 11) is 0. The molecule has 0 aromatic carbocycles. The van der Waals surface area contributed by atoms with Crippen molar-refractivity contribution in [2.45, 2.75) is 46.1 Å². The van der Waals surface area contributed by atoms with E-state index in [4.69, 9.17) is 0 Å². The van der Waals surface area contributed by atoms with Crippen LogP contribution in [-0.4, -0.2) is 23.8 Å². The van der Waals surface area contributed by atoms with Crippen LogP contribution in [0.3, 0.4) is 0 Å². The van der Waals surface area contributed by atoms with Gasteiger partial charge in [-0.05, 0) is 25.8 Å². The van der Waals surface area contributed by atoms with E-state index in [0.29, 0.717) is 12.5 Å². The Morgan fingerprint density at radius 2 is 2.00 bits per heavy atom. The average molecular weight is 173 g/mol. The van der Waals surface area contributed by atoms with E-state index in [1.807, 2.05) is 6.92 Å². The third-order valence-electron chi connectivity index (χ3n) is 2.52. The second-order valence-electron chi connectivity index (χ2n) is 3.83. The summed E-state index contributed by atoms with van der Waals surface area (Å²) in [5.74, 6) is 0.376. The van der Waals surface area contributed by atoms with Crippen LogP contribution in [0.15, 0.2) is 0 Å². The minimum atomic E-state index is -0.550. The van der Waals surface area contributed by atoms with E-state index < -0.39 is 5.60 Å². The van der Waals surface area contributed by atoms with Gasteiger partial charge in [-0.2, -0.15) is 0 Å². The molecular formula is C10H23NO. The Labute approximate surface area is 76.4 Å². The molecule has 0 amide bonds. The highest BCUT2D eigenvalue weighted by molar-refractivity contribution is 4.80. The highest BCUT2D eigenvalue weighted by atomic mass is 16.3. The van der Waals surface area contributed by atoms with E-state index in [1.165, 1.54) is 0 Å². The monoisotopic (exact) mass is 173 g/mol. The fourth-order valence-corrected chi connectivity index (χ4v) is 1.30. The van der Waals surface area contributed by atoms with Gasteiger partial charge >= 0.3 is 0 Å². The lowest BCUT2D eigenvalue weighted by molar-refractivity contribution is 0.00394. The van der Waals surface area contributed by atoms with Crippen LogP contribution in [0.1, 0.15) is 40.5 Å². The van der Waals surface area contributed by atoms with Gasteiger partial charge in [-0.1, -0.05) is 27.2 Å². The van der Waals surface area contributed by atoms with E-state index in [-0.39, 0.29) is 0 Å². The summed E-state index contributed by atoms with van der Waals surface area (Å²) in [5.41, 5.74) is -0.550. The molecule has 0 radical (unpaired) electrons. The normalized spacial score (nSPS) is 18.8. The zero-order valence-corrected chi connectivity index (χ0v) is 8.85. The molecule has 0 aliphatic heterocycles. The van der Waals surface area contributed by atoms with Crippen LogP contribution in [0.4, 0.5) is 0 Å². The Bertz CT molecular complexity index is 112. The van der Waals surface area contributed by atoms with Crippen molar-refractivity contribution in [1.82, 2.24) is 5.32 Å². The number of hydrogen-bond acceptors (Lipinski definition) is 2. The molecule has 2 unspecified atom stereocenters. The molecule has 0 aromatic heterocycles. The van der Waals surface area contributed by atoms with Crippen LogP contribution >= 0.6 is 0 Å². The molecule has 2 heteroatoms. The van der Waals surface area contributed by atoms with Gasteiger partial charge in [0.05, 0.1) is 5.60 Å². The molecule has 0 fully saturated rings. The maximum atomic E-state index is 9.98. The first-order valence-corrected chi connectivity index (χ1v) is 4.97. The molecule has 0 aromatic rings. The van der Waals surface area contributed by atoms with Gasteiger partial charge in [0.25, 0.3) is 0 Å². The van der Waals surface area contributed by atoms with E-state index in [9.17, 15) is 5.11 Å². The van der Waals surface area contributed by atoms with Crippen molar-refractivity contribution >= 4 is 0 Å². The zero-order chi connectivity index (χ0) is 9.61. The molecule has 0 aliphatic carbocycles. The van der Waals surface area contributed by atoms with Crippen LogP contribution in [0.2, 0.25) is 0 Å². The van der Waals surface area contributed by atoms with Gasteiger partial charge in [0.15, 0.2) is 0 Å². The number of likely N-dealkylation sites (N-methyl/N-ethyl adjacent to an activating group) is 1. The molecular weight excluding hydrogens is 150 g/mol. The Morgan fingerprint density at radius 1 is 1.42 bits per heavy atom. The molecule has 2 N–H and O–H groups in total. The first-order valence-electron chi connectivity index (χ1n) is 4.97. The first-order chi connectivity index (χ1) is 5.54. The summed E-state index contributed by atoms with van der Waals surface area (Å²) in [6.45, 7) is 9.86. The topological polar surface area (TPSA) is 32.3 Å². The van der Waals surface area contributed by atoms with E-state index in [2.05, 4.69) is 26.1 Å². The van der Waals surface area contributed by atoms with Crippen molar-refractivity contribution < 1.29 is 5.11 Å². The molecule has 0 saturated heterocycles. The zero-order valence-electron chi connectivity index (χ0n) is 8.85. The first kappa shape index (κ1) is 11.9. The second-order valence-corrected chi connectivity index (χ2v) is 3.83. The maximum absolute atomic E-state index is 9.98. The smallest absolute Gasteiger partial charge is 0.0768 e. The molecule has 0 heterocycles. The van der Waals surface area contributed by atoms with Gasteiger partial charge in [-0.3, -0.25) is 0 Å². The molecule has 0 aliphatic rings. The predicted octanol–water partition coefficient (Wildman–Crippen LogP) is 1.78. The lowest BCUT2D eigenvalue weighted by Gasteiger charge is -2.30. The molecule has 2 atom stereocenters. The highest BCUT2D eigenvalue weighted by Gasteiger charge is 2.26. The number of rotatable bonds is 6. The van der Waals surface area contributed by atoms with Crippen molar-refractivity contribution in [3.05, 3.63) is 0 Å². The lowest BCUT2D eigenvalue weighted by atomic mass is 9.87. The van der Waals surface area contributed by atoms with Crippen molar-refractivity contribution in [3.63, 3.8) is 0 Å². The Hall–Kier alpha value is -0.0800. The second kappa shape index (κ2) is 5.55. The Kier molecular flexibility index (Phi) is 5.51. The van der Waals surface area contributed by atoms with Crippen molar-refractivity contribution in [3.8, 4) is 0 Å². The summed E-state index contributed by atoms with van der Waals surface area (Å²) < 4.78 is 0. The molecule has 0 spiro atoms. The SMILES string of the molecule is CCCC(C)C(C)(O)CNCC. The quantitative estimate of drug-likeness (QED) is 0.642. The van der Waals surface area contributed by atoms with Gasteiger partial charge in [0.2, 0.25) is 0 Å². The molecule has 0 bridgehead atoms. The van der Waals surface area contributed by atoms with Gasteiger partial charge in [0.1, 0.15) is 0 Å². The highest BCUT2D eigenvalue weighted by Crippen LogP contribution is 2.20. The number of aliphatic hydroxyl groups is 1. The van der Waals surface area contributed by atoms with Crippen molar-refractivity contribution in [1.29, 1.82) is 0 Å². The average Bonchev–Trinajstić information content (AvgIpc) is 2.01. The Balaban J connectivity index is 3.81. The number of nitrogens with one attached hydrogen (secondary N) is 1. The van der Waals surface area contributed by atoms with Crippen molar-refractivity contribution in [2.24, 2.45) is 5.92 Å². The minimum absolute atomic E-state index is 0.376. The lowest BCUT2D eigenvalue weighted by Crippen LogP contribution is -2.43. The van der Waals surface area contributed by atoms with Crippen LogP contribution in [0, 0.1) is 5.92 Å². The molecule has 12 heavy (non-hydrogen) atoms.